The second kappa shape index (κ2) is 11.7. The van der Waals surface area contributed by atoms with E-state index in [0.29, 0.717) is 5.96 Å². The second-order valence-corrected chi connectivity index (χ2v) is 4.56. The Labute approximate surface area is 142 Å². The van der Waals surface area contributed by atoms with Gasteiger partial charge in [-0.2, -0.15) is 0 Å². The number of unbranched alkanes of at least 4 members (excludes halogenated alkanes) is 2. The molecule has 0 heterocycles. The van der Waals surface area contributed by atoms with Gasteiger partial charge >= 0.3 is 0 Å². The lowest BCUT2D eigenvalue weighted by atomic mass is 10.2. The van der Waals surface area contributed by atoms with Crippen LogP contribution in [0, 0.1) is 11.6 Å². The van der Waals surface area contributed by atoms with Crippen molar-refractivity contribution in [2.75, 3.05) is 13.1 Å². The number of guanidine groups is 1. The molecule has 0 unspecified atom stereocenters. The van der Waals surface area contributed by atoms with E-state index < -0.39 is 11.6 Å². The fourth-order valence-corrected chi connectivity index (χ4v) is 1.75. The van der Waals surface area contributed by atoms with Crippen molar-refractivity contribution in [3.63, 3.8) is 0 Å². The van der Waals surface area contributed by atoms with Gasteiger partial charge in [-0.15, -0.1) is 24.0 Å². The van der Waals surface area contributed by atoms with Gasteiger partial charge in [0.2, 0.25) is 0 Å². The molecule has 0 aromatic heterocycles. The van der Waals surface area contributed by atoms with Crippen molar-refractivity contribution in [3.8, 4) is 0 Å². The first-order valence-corrected chi connectivity index (χ1v) is 7.13. The Kier molecular flexibility index (Phi) is 11.2. The number of hydrogen-bond acceptors (Lipinski definition) is 1. The van der Waals surface area contributed by atoms with Crippen LogP contribution in [0.5, 0.6) is 0 Å². The van der Waals surface area contributed by atoms with Crippen molar-refractivity contribution in [1.29, 1.82) is 0 Å². The number of nitrogens with zero attached hydrogens (tertiary/aromatic N) is 1. The van der Waals surface area contributed by atoms with E-state index in [2.05, 4.69) is 22.5 Å². The maximum absolute atomic E-state index is 13.5. The number of aliphatic imine (C=N–C) groups is 1. The molecular weight excluding hydrogens is 387 g/mol. The van der Waals surface area contributed by atoms with Gasteiger partial charge in [-0.3, -0.25) is 0 Å². The van der Waals surface area contributed by atoms with E-state index in [1.165, 1.54) is 6.07 Å². The molecular formula is C15H24F2IN3. The molecule has 120 valence electrons. The largest absolute Gasteiger partial charge is 0.357 e. The molecule has 0 aliphatic heterocycles. The van der Waals surface area contributed by atoms with Gasteiger partial charge in [0.15, 0.2) is 5.96 Å². The van der Waals surface area contributed by atoms with Crippen LogP contribution < -0.4 is 10.6 Å². The molecule has 1 aromatic rings. The Hall–Kier alpha value is -0.920. The minimum Gasteiger partial charge on any atom is -0.357 e. The molecule has 0 fully saturated rings. The van der Waals surface area contributed by atoms with Crippen molar-refractivity contribution in [3.05, 3.63) is 35.4 Å². The fourth-order valence-electron chi connectivity index (χ4n) is 1.75. The third-order valence-corrected chi connectivity index (χ3v) is 2.83. The van der Waals surface area contributed by atoms with E-state index in [4.69, 9.17) is 0 Å². The minimum atomic E-state index is -0.447. The average molecular weight is 411 g/mol. The molecule has 0 amide bonds. The lowest BCUT2D eigenvalue weighted by molar-refractivity contribution is 0.585. The Morgan fingerprint density at radius 3 is 2.57 bits per heavy atom. The summed E-state index contributed by atoms with van der Waals surface area (Å²) in [7, 11) is 0. The van der Waals surface area contributed by atoms with Gasteiger partial charge < -0.3 is 10.6 Å². The van der Waals surface area contributed by atoms with Gasteiger partial charge in [-0.1, -0.05) is 19.8 Å². The first kappa shape index (κ1) is 20.1. The summed E-state index contributed by atoms with van der Waals surface area (Å²) >= 11 is 0. The van der Waals surface area contributed by atoms with E-state index in [1.807, 2.05) is 6.92 Å². The van der Waals surface area contributed by atoms with E-state index in [0.717, 1.165) is 44.5 Å². The van der Waals surface area contributed by atoms with Crippen LogP contribution in [-0.2, 0) is 6.54 Å². The Bertz CT molecular complexity index is 439. The molecule has 0 saturated carbocycles. The quantitative estimate of drug-likeness (QED) is 0.310. The van der Waals surface area contributed by atoms with E-state index in [1.54, 1.807) is 0 Å². The smallest absolute Gasteiger partial charge is 0.191 e. The first-order valence-electron chi connectivity index (χ1n) is 7.13. The Balaban J connectivity index is 0.00000400. The normalized spacial score (nSPS) is 11.0. The highest BCUT2D eigenvalue weighted by Gasteiger charge is 2.04. The highest BCUT2D eigenvalue weighted by Crippen LogP contribution is 2.10. The molecule has 0 atom stereocenters. The van der Waals surface area contributed by atoms with Crippen molar-refractivity contribution in [2.24, 2.45) is 4.99 Å². The van der Waals surface area contributed by atoms with E-state index >= 15 is 0 Å². The molecule has 6 heteroatoms. The van der Waals surface area contributed by atoms with Gasteiger partial charge in [-0.05, 0) is 31.5 Å². The van der Waals surface area contributed by atoms with Gasteiger partial charge in [0.1, 0.15) is 11.6 Å². The third kappa shape index (κ3) is 8.18. The summed E-state index contributed by atoms with van der Waals surface area (Å²) in [6, 6.07) is 3.41. The van der Waals surface area contributed by atoms with Crippen LogP contribution in [0.1, 0.15) is 38.7 Å². The van der Waals surface area contributed by atoms with Crippen LogP contribution >= 0.6 is 24.0 Å². The number of nitrogens with one attached hydrogen (secondary N) is 2. The van der Waals surface area contributed by atoms with Gasteiger partial charge in [0.05, 0.1) is 6.54 Å². The van der Waals surface area contributed by atoms with Crippen molar-refractivity contribution in [2.45, 2.75) is 39.7 Å². The number of hydrogen-bond donors (Lipinski definition) is 2. The maximum Gasteiger partial charge on any atom is 0.191 e. The standard InChI is InChI=1S/C15H23F2N3.HI/c1-3-5-6-9-19-15(18-4-2)20-11-12-10-13(16)7-8-14(12)17;/h7-8,10H,3-6,9,11H2,1-2H3,(H2,18,19,20);1H. The number of benzene rings is 1. The molecule has 0 saturated heterocycles. The lowest BCUT2D eigenvalue weighted by Gasteiger charge is -2.11. The summed E-state index contributed by atoms with van der Waals surface area (Å²) in [6.07, 6.45) is 3.38. The fraction of sp³-hybridized carbons (Fsp3) is 0.533. The molecule has 2 N–H and O–H groups in total. The SMILES string of the molecule is CCCCCNC(=NCc1cc(F)ccc1F)NCC.I. The average Bonchev–Trinajstić information content (AvgIpc) is 2.44. The summed E-state index contributed by atoms with van der Waals surface area (Å²) in [5, 5.41) is 6.27. The topological polar surface area (TPSA) is 36.4 Å². The van der Waals surface area contributed by atoms with Crippen molar-refractivity contribution >= 4 is 29.9 Å². The molecule has 0 bridgehead atoms. The van der Waals surface area contributed by atoms with Gasteiger partial charge in [0, 0.05) is 18.7 Å². The Morgan fingerprint density at radius 1 is 1.14 bits per heavy atom. The molecule has 0 aliphatic carbocycles. The number of rotatable bonds is 7. The molecule has 0 radical (unpaired) electrons. The minimum absolute atomic E-state index is 0. The molecule has 0 aliphatic rings. The number of halogens is 3. The highest BCUT2D eigenvalue weighted by atomic mass is 127. The van der Waals surface area contributed by atoms with E-state index in [9.17, 15) is 8.78 Å². The third-order valence-electron chi connectivity index (χ3n) is 2.83. The summed E-state index contributed by atoms with van der Waals surface area (Å²) in [4.78, 5) is 4.27. The lowest BCUT2D eigenvalue weighted by Crippen LogP contribution is -2.37. The van der Waals surface area contributed by atoms with Crippen molar-refractivity contribution in [1.82, 2.24) is 10.6 Å². The van der Waals surface area contributed by atoms with Crippen LogP contribution in [0.2, 0.25) is 0 Å². The summed E-state index contributed by atoms with van der Waals surface area (Å²) < 4.78 is 26.5. The van der Waals surface area contributed by atoms with Crippen LogP contribution in [-0.4, -0.2) is 19.0 Å². The first-order chi connectivity index (χ1) is 9.67. The molecule has 21 heavy (non-hydrogen) atoms. The van der Waals surface area contributed by atoms with Crippen molar-refractivity contribution < 1.29 is 8.78 Å². The van der Waals surface area contributed by atoms with E-state index in [-0.39, 0.29) is 36.1 Å². The monoisotopic (exact) mass is 411 g/mol. The molecule has 3 nitrogen and oxygen atoms in total. The summed E-state index contributed by atoms with van der Waals surface area (Å²) in [6.45, 7) is 5.78. The summed E-state index contributed by atoms with van der Waals surface area (Å²) in [5.74, 6) is -0.248. The second-order valence-electron chi connectivity index (χ2n) is 4.56. The predicted molar refractivity (Wildman–Crippen MR) is 94.1 cm³/mol. The van der Waals surface area contributed by atoms with Crippen LogP contribution in [0.3, 0.4) is 0 Å². The summed E-state index contributed by atoms with van der Waals surface area (Å²) in [5.41, 5.74) is 0.260. The highest BCUT2D eigenvalue weighted by molar-refractivity contribution is 14.0. The zero-order chi connectivity index (χ0) is 14.8. The van der Waals surface area contributed by atoms with Crippen LogP contribution in [0.15, 0.2) is 23.2 Å². The zero-order valence-corrected chi connectivity index (χ0v) is 14.9. The van der Waals surface area contributed by atoms with Gasteiger partial charge in [0.25, 0.3) is 0 Å². The Morgan fingerprint density at radius 2 is 1.90 bits per heavy atom. The predicted octanol–water partition coefficient (Wildman–Crippen LogP) is 3.83. The molecule has 0 spiro atoms. The molecule has 1 rings (SSSR count). The maximum atomic E-state index is 13.5. The van der Waals surface area contributed by atoms with Crippen LogP contribution in [0.25, 0.3) is 0 Å². The van der Waals surface area contributed by atoms with Gasteiger partial charge in [-0.25, -0.2) is 13.8 Å². The van der Waals surface area contributed by atoms with Crippen LogP contribution in [0.4, 0.5) is 8.78 Å². The zero-order valence-electron chi connectivity index (χ0n) is 12.6. The molecule has 1 aromatic carbocycles.